The van der Waals surface area contributed by atoms with Gasteiger partial charge >= 0.3 is 0 Å². The van der Waals surface area contributed by atoms with Gasteiger partial charge in [0.1, 0.15) is 0 Å². The first-order chi connectivity index (χ1) is 11.2. The van der Waals surface area contributed by atoms with E-state index in [1.165, 1.54) is 4.88 Å². The van der Waals surface area contributed by atoms with Crippen LogP contribution < -0.4 is 10.6 Å². The summed E-state index contributed by atoms with van der Waals surface area (Å²) in [6, 6.07) is 4.29. The average molecular weight is 467 g/mol. The molecule has 138 valence electrons. The second-order valence-electron chi connectivity index (χ2n) is 6.47. The maximum absolute atomic E-state index is 9.28. The van der Waals surface area contributed by atoms with E-state index in [4.69, 9.17) is 4.74 Å². The molecule has 1 saturated heterocycles. The summed E-state index contributed by atoms with van der Waals surface area (Å²) in [5.74, 6) is 1.38. The second-order valence-corrected chi connectivity index (χ2v) is 7.50. The van der Waals surface area contributed by atoms with Gasteiger partial charge in [0.2, 0.25) is 0 Å². The Hall–Kier alpha value is -0.380. The molecule has 24 heavy (non-hydrogen) atoms. The number of rotatable bonds is 8. The van der Waals surface area contributed by atoms with E-state index in [0.29, 0.717) is 12.5 Å². The Morgan fingerprint density at radius 3 is 2.92 bits per heavy atom. The molecule has 1 fully saturated rings. The van der Waals surface area contributed by atoms with E-state index in [9.17, 15) is 5.11 Å². The van der Waals surface area contributed by atoms with Crippen LogP contribution in [0, 0.1) is 11.3 Å². The molecule has 5 nitrogen and oxygen atoms in total. The van der Waals surface area contributed by atoms with Crippen molar-refractivity contribution in [3.8, 4) is 0 Å². The molecule has 2 unspecified atom stereocenters. The van der Waals surface area contributed by atoms with Crippen LogP contribution in [0.5, 0.6) is 0 Å². The van der Waals surface area contributed by atoms with E-state index in [1.54, 1.807) is 7.05 Å². The maximum Gasteiger partial charge on any atom is 0.191 e. The van der Waals surface area contributed by atoms with E-state index < -0.39 is 0 Å². The van der Waals surface area contributed by atoms with Crippen LogP contribution in [0.4, 0.5) is 0 Å². The minimum Gasteiger partial charge on any atom is -0.396 e. The molecule has 1 aromatic rings. The number of aliphatic imine (C=N–C) groups is 1. The summed E-state index contributed by atoms with van der Waals surface area (Å²) in [6.07, 6.45) is 2.85. The van der Waals surface area contributed by atoms with Crippen molar-refractivity contribution < 1.29 is 9.84 Å². The zero-order chi connectivity index (χ0) is 16.5. The Balaban J connectivity index is 0.00000288. The van der Waals surface area contributed by atoms with Crippen molar-refractivity contribution in [1.82, 2.24) is 10.6 Å². The average Bonchev–Trinajstić information content (AvgIpc) is 3.20. The van der Waals surface area contributed by atoms with Gasteiger partial charge in [-0.1, -0.05) is 13.0 Å². The van der Waals surface area contributed by atoms with Gasteiger partial charge in [0.05, 0.1) is 6.61 Å². The molecule has 2 heterocycles. The van der Waals surface area contributed by atoms with Crippen molar-refractivity contribution in [1.29, 1.82) is 0 Å². The Bertz CT molecular complexity index is 476. The SMILES string of the molecule is CN=C(NCC(C)Cc1cccs1)NCC1(CCO)CCOC1.I. The van der Waals surface area contributed by atoms with Gasteiger partial charge in [-0.25, -0.2) is 0 Å². The fourth-order valence-electron chi connectivity index (χ4n) is 2.92. The van der Waals surface area contributed by atoms with Gasteiger partial charge in [-0.15, -0.1) is 35.3 Å². The molecule has 3 N–H and O–H groups in total. The summed E-state index contributed by atoms with van der Waals surface area (Å²) < 4.78 is 5.53. The van der Waals surface area contributed by atoms with Crippen LogP contribution in [0.2, 0.25) is 0 Å². The lowest BCUT2D eigenvalue weighted by molar-refractivity contribution is 0.127. The molecule has 0 aromatic carbocycles. The molecule has 0 amide bonds. The number of aliphatic hydroxyl groups is 1. The van der Waals surface area contributed by atoms with Crippen molar-refractivity contribution in [2.45, 2.75) is 26.2 Å². The first kappa shape index (κ1) is 21.7. The molecule has 0 bridgehead atoms. The first-order valence-electron chi connectivity index (χ1n) is 8.33. The number of halogens is 1. The fourth-order valence-corrected chi connectivity index (χ4v) is 3.79. The van der Waals surface area contributed by atoms with E-state index in [2.05, 4.69) is 40.1 Å². The van der Waals surface area contributed by atoms with Crippen molar-refractivity contribution in [2.24, 2.45) is 16.3 Å². The van der Waals surface area contributed by atoms with Crippen LogP contribution >= 0.6 is 35.3 Å². The van der Waals surface area contributed by atoms with Gasteiger partial charge in [0, 0.05) is 43.6 Å². The molecule has 1 aliphatic heterocycles. The van der Waals surface area contributed by atoms with E-state index in [-0.39, 0.29) is 36.0 Å². The standard InChI is InChI=1S/C17H29N3O2S.HI/c1-14(10-15-4-3-9-23-15)11-19-16(18-2)20-12-17(5-7-21)6-8-22-13-17;/h3-4,9,14,21H,5-8,10-13H2,1-2H3,(H2,18,19,20);1H. The van der Waals surface area contributed by atoms with Gasteiger partial charge in [-0.2, -0.15) is 0 Å². The number of hydrogen-bond acceptors (Lipinski definition) is 4. The molecular weight excluding hydrogens is 437 g/mol. The van der Waals surface area contributed by atoms with Gasteiger partial charge in [0.15, 0.2) is 5.96 Å². The quantitative estimate of drug-likeness (QED) is 0.312. The molecule has 0 aliphatic carbocycles. The number of guanidine groups is 1. The maximum atomic E-state index is 9.28. The van der Waals surface area contributed by atoms with Crippen molar-refractivity contribution in [3.05, 3.63) is 22.4 Å². The third-order valence-corrected chi connectivity index (χ3v) is 5.33. The monoisotopic (exact) mass is 467 g/mol. The molecule has 1 aromatic heterocycles. The smallest absolute Gasteiger partial charge is 0.191 e. The van der Waals surface area contributed by atoms with Crippen LogP contribution in [-0.4, -0.2) is 51.0 Å². The van der Waals surface area contributed by atoms with Crippen LogP contribution in [0.25, 0.3) is 0 Å². The molecule has 1 aliphatic rings. The topological polar surface area (TPSA) is 65.9 Å². The van der Waals surface area contributed by atoms with Crippen molar-refractivity contribution >= 4 is 41.3 Å². The normalized spacial score (nSPS) is 22.0. The Morgan fingerprint density at radius 2 is 2.33 bits per heavy atom. The summed E-state index contributed by atoms with van der Waals surface area (Å²) in [5, 5.41) is 18.2. The molecule has 0 radical (unpaired) electrons. The summed E-state index contributed by atoms with van der Waals surface area (Å²) in [5.41, 5.74) is 0.0367. The van der Waals surface area contributed by atoms with E-state index >= 15 is 0 Å². The van der Waals surface area contributed by atoms with Crippen molar-refractivity contribution in [3.63, 3.8) is 0 Å². The van der Waals surface area contributed by atoms with Gasteiger partial charge < -0.3 is 20.5 Å². The Kier molecular flexibility index (Phi) is 10.2. The third-order valence-electron chi connectivity index (χ3n) is 4.43. The fraction of sp³-hybridized carbons (Fsp3) is 0.706. The summed E-state index contributed by atoms with van der Waals surface area (Å²) >= 11 is 1.81. The number of nitrogens with zero attached hydrogens (tertiary/aromatic N) is 1. The highest BCUT2D eigenvalue weighted by Crippen LogP contribution is 2.31. The summed E-state index contributed by atoms with van der Waals surface area (Å²) in [7, 11) is 1.79. The highest BCUT2D eigenvalue weighted by molar-refractivity contribution is 14.0. The number of ether oxygens (including phenoxy) is 1. The zero-order valence-corrected chi connectivity index (χ0v) is 17.7. The predicted octanol–water partition coefficient (Wildman–Crippen LogP) is 2.50. The molecule has 0 saturated carbocycles. The van der Waals surface area contributed by atoms with Crippen LogP contribution in [0.15, 0.2) is 22.5 Å². The third kappa shape index (κ3) is 6.85. The Morgan fingerprint density at radius 1 is 1.50 bits per heavy atom. The minimum absolute atomic E-state index is 0. The van der Waals surface area contributed by atoms with Crippen LogP contribution in [0.1, 0.15) is 24.6 Å². The molecule has 2 rings (SSSR count). The van der Waals surface area contributed by atoms with Crippen molar-refractivity contribution in [2.75, 3.05) is 40.0 Å². The van der Waals surface area contributed by atoms with Crippen LogP contribution in [-0.2, 0) is 11.2 Å². The number of hydrogen-bond donors (Lipinski definition) is 3. The highest BCUT2D eigenvalue weighted by atomic mass is 127. The van der Waals surface area contributed by atoms with Gasteiger partial charge in [-0.05, 0) is 36.6 Å². The van der Waals surface area contributed by atoms with Crippen LogP contribution in [0.3, 0.4) is 0 Å². The summed E-state index contributed by atoms with van der Waals surface area (Å²) in [4.78, 5) is 5.73. The van der Waals surface area contributed by atoms with Gasteiger partial charge in [-0.3, -0.25) is 4.99 Å². The minimum atomic E-state index is 0. The number of aliphatic hydroxyl groups excluding tert-OH is 1. The number of thiophene rings is 1. The van der Waals surface area contributed by atoms with Gasteiger partial charge in [0.25, 0.3) is 0 Å². The van der Waals surface area contributed by atoms with E-state index in [0.717, 1.165) is 44.9 Å². The predicted molar refractivity (Wildman–Crippen MR) is 112 cm³/mol. The first-order valence-corrected chi connectivity index (χ1v) is 9.21. The zero-order valence-electron chi connectivity index (χ0n) is 14.6. The molecule has 2 atom stereocenters. The van der Waals surface area contributed by atoms with E-state index in [1.807, 2.05) is 11.3 Å². The highest BCUT2D eigenvalue weighted by Gasteiger charge is 2.34. The lowest BCUT2D eigenvalue weighted by atomic mass is 9.84. The second kappa shape index (κ2) is 11.3. The molecular formula is C17H30IN3O2S. The number of nitrogens with one attached hydrogen (secondary N) is 2. The molecule has 7 heteroatoms. The lowest BCUT2D eigenvalue weighted by Crippen LogP contribution is -2.45. The summed E-state index contributed by atoms with van der Waals surface area (Å²) in [6.45, 7) is 5.62. The lowest BCUT2D eigenvalue weighted by Gasteiger charge is -2.28. The Labute approximate surface area is 166 Å². The molecule has 0 spiro atoms. The largest absolute Gasteiger partial charge is 0.396 e.